The summed E-state index contributed by atoms with van der Waals surface area (Å²) < 4.78 is 13.0. The van der Waals surface area contributed by atoms with Gasteiger partial charge in [-0.25, -0.2) is 4.39 Å². The van der Waals surface area contributed by atoms with Gasteiger partial charge < -0.3 is 26.0 Å². The van der Waals surface area contributed by atoms with Gasteiger partial charge in [-0.15, -0.1) is 0 Å². The zero-order valence-electron chi connectivity index (χ0n) is 20.6. The monoisotopic (exact) mass is 494 g/mol. The summed E-state index contributed by atoms with van der Waals surface area (Å²) in [6.07, 6.45) is 1.84. The van der Waals surface area contributed by atoms with Gasteiger partial charge in [-0.1, -0.05) is 42.5 Å². The van der Waals surface area contributed by atoms with Crippen LogP contribution >= 0.6 is 0 Å². The molecule has 3 rings (SSSR count). The molecule has 0 aliphatic carbocycles. The summed E-state index contributed by atoms with van der Waals surface area (Å²) in [4.78, 5) is 12.3. The SMILES string of the molecule is C[C@H](Cc1cccc(CC(=O)NCCCc2ccc(F)cc2)c1)NC[C@H](O)c1ccc(O)c(CO)c1. The van der Waals surface area contributed by atoms with Crippen molar-refractivity contribution < 1.29 is 24.5 Å². The maximum absolute atomic E-state index is 13.0. The maximum Gasteiger partial charge on any atom is 0.224 e. The van der Waals surface area contributed by atoms with Crippen LogP contribution in [-0.2, 0) is 30.7 Å². The first kappa shape index (κ1) is 27.3. The van der Waals surface area contributed by atoms with Crippen LogP contribution in [0.5, 0.6) is 5.75 Å². The predicted octanol–water partition coefficient (Wildman–Crippen LogP) is 3.57. The van der Waals surface area contributed by atoms with Crippen molar-refractivity contribution in [3.63, 3.8) is 0 Å². The Bertz CT molecular complexity index is 1120. The molecule has 2 atom stereocenters. The minimum Gasteiger partial charge on any atom is -0.508 e. The van der Waals surface area contributed by atoms with Gasteiger partial charge in [-0.05, 0) is 72.7 Å². The Morgan fingerprint density at radius 1 is 1.00 bits per heavy atom. The first-order valence-corrected chi connectivity index (χ1v) is 12.3. The fourth-order valence-electron chi connectivity index (χ4n) is 4.08. The number of phenols is 1. The van der Waals surface area contributed by atoms with Crippen LogP contribution in [0.3, 0.4) is 0 Å². The van der Waals surface area contributed by atoms with Crippen LogP contribution in [-0.4, -0.2) is 40.4 Å². The molecule has 0 bridgehead atoms. The van der Waals surface area contributed by atoms with E-state index in [4.69, 9.17) is 0 Å². The summed E-state index contributed by atoms with van der Waals surface area (Å²) in [6.45, 7) is 2.64. The minimum atomic E-state index is -0.767. The maximum atomic E-state index is 13.0. The number of hydrogen-bond acceptors (Lipinski definition) is 5. The number of rotatable bonds is 13. The van der Waals surface area contributed by atoms with Gasteiger partial charge in [0.15, 0.2) is 0 Å². The Balaban J connectivity index is 1.40. The number of carbonyl (C=O) groups excluding carboxylic acids is 1. The summed E-state index contributed by atoms with van der Waals surface area (Å²) in [5.41, 5.74) is 4.09. The van der Waals surface area contributed by atoms with Crippen molar-refractivity contribution >= 4 is 5.91 Å². The van der Waals surface area contributed by atoms with Crippen LogP contribution in [0.2, 0.25) is 0 Å². The number of aromatic hydroxyl groups is 1. The van der Waals surface area contributed by atoms with Crippen LogP contribution in [0.1, 0.15) is 47.3 Å². The highest BCUT2D eigenvalue weighted by Gasteiger charge is 2.13. The quantitative estimate of drug-likeness (QED) is 0.234. The number of halogens is 1. The van der Waals surface area contributed by atoms with E-state index in [2.05, 4.69) is 10.6 Å². The van der Waals surface area contributed by atoms with Gasteiger partial charge in [0.1, 0.15) is 11.6 Å². The number of aliphatic hydroxyl groups excluding tert-OH is 2. The molecule has 0 unspecified atom stereocenters. The van der Waals surface area contributed by atoms with Crippen molar-refractivity contribution in [3.8, 4) is 5.75 Å². The fraction of sp³-hybridized carbons (Fsp3) is 0.345. The number of carbonyl (C=O) groups is 1. The van der Waals surface area contributed by atoms with E-state index in [0.717, 1.165) is 36.0 Å². The number of benzene rings is 3. The molecule has 0 saturated carbocycles. The van der Waals surface area contributed by atoms with Gasteiger partial charge in [-0.3, -0.25) is 4.79 Å². The van der Waals surface area contributed by atoms with E-state index in [1.165, 1.54) is 18.2 Å². The number of hydrogen-bond donors (Lipinski definition) is 5. The first-order chi connectivity index (χ1) is 17.3. The number of aryl methyl sites for hydroxylation is 1. The van der Waals surface area contributed by atoms with Gasteiger partial charge >= 0.3 is 0 Å². The van der Waals surface area contributed by atoms with Crippen LogP contribution in [0.15, 0.2) is 66.7 Å². The molecule has 0 heterocycles. The van der Waals surface area contributed by atoms with E-state index in [1.807, 2.05) is 31.2 Å². The molecule has 7 heteroatoms. The second-order valence-electron chi connectivity index (χ2n) is 9.15. The van der Waals surface area contributed by atoms with Gasteiger partial charge in [0.05, 0.1) is 19.1 Å². The standard InChI is InChI=1S/C29H35FN2O4/c1-20(32-18-28(35)24-9-12-27(34)25(17-24)19-33)14-22-4-2-5-23(15-22)16-29(36)31-13-3-6-21-7-10-26(30)11-8-21/h2,4-5,7-12,15,17,20,28,32-35H,3,6,13-14,16,18-19H2,1H3,(H,31,36)/t20-,28+/m1/s1. The molecule has 0 aliphatic heterocycles. The molecule has 0 aliphatic rings. The van der Waals surface area contributed by atoms with Crippen molar-refractivity contribution in [1.29, 1.82) is 0 Å². The topological polar surface area (TPSA) is 102 Å². The van der Waals surface area contributed by atoms with Crippen LogP contribution in [0.4, 0.5) is 4.39 Å². The minimum absolute atomic E-state index is 0.00772. The Labute approximate surface area is 211 Å². The third-order valence-electron chi connectivity index (χ3n) is 6.09. The van der Waals surface area contributed by atoms with Crippen LogP contribution in [0, 0.1) is 5.82 Å². The molecule has 0 spiro atoms. The van der Waals surface area contributed by atoms with Crippen LogP contribution in [0.25, 0.3) is 0 Å². The zero-order valence-corrected chi connectivity index (χ0v) is 20.6. The smallest absolute Gasteiger partial charge is 0.224 e. The predicted molar refractivity (Wildman–Crippen MR) is 138 cm³/mol. The third kappa shape index (κ3) is 8.75. The van der Waals surface area contributed by atoms with Crippen molar-refractivity contribution in [2.45, 2.75) is 51.4 Å². The Kier molecular flexibility index (Phi) is 10.4. The third-order valence-corrected chi connectivity index (χ3v) is 6.09. The summed E-state index contributed by atoms with van der Waals surface area (Å²) in [7, 11) is 0. The Morgan fingerprint density at radius 3 is 2.50 bits per heavy atom. The molecule has 1 amide bonds. The summed E-state index contributed by atoms with van der Waals surface area (Å²) in [5.74, 6) is -0.270. The van der Waals surface area contributed by atoms with Gasteiger partial charge in [0, 0.05) is 24.7 Å². The molecule has 0 saturated heterocycles. The second kappa shape index (κ2) is 13.7. The van der Waals surface area contributed by atoms with Crippen molar-refractivity contribution in [3.05, 3.63) is 100 Å². The van der Waals surface area contributed by atoms with E-state index in [-0.39, 0.29) is 30.1 Å². The van der Waals surface area contributed by atoms with Gasteiger partial charge in [-0.2, -0.15) is 0 Å². The van der Waals surface area contributed by atoms with Crippen LogP contribution < -0.4 is 10.6 Å². The lowest BCUT2D eigenvalue weighted by Crippen LogP contribution is -2.32. The van der Waals surface area contributed by atoms with Gasteiger partial charge in [0.2, 0.25) is 5.91 Å². The molecule has 0 fully saturated rings. The van der Waals surface area contributed by atoms with E-state index < -0.39 is 6.10 Å². The summed E-state index contributed by atoms with van der Waals surface area (Å²) in [5, 5.41) is 35.7. The fourth-order valence-corrected chi connectivity index (χ4v) is 4.08. The molecule has 0 radical (unpaired) electrons. The number of nitrogens with one attached hydrogen (secondary N) is 2. The lowest BCUT2D eigenvalue weighted by atomic mass is 10.0. The lowest BCUT2D eigenvalue weighted by molar-refractivity contribution is -0.120. The van der Waals surface area contributed by atoms with E-state index in [1.54, 1.807) is 24.3 Å². The molecule has 192 valence electrons. The highest BCUT2D eigenvalue weighted by atomic mass is 19.1. The van der Waals surface area contributed by atoms with E-state index >= 15 is 0 Å². The highest BCUT2D eigenvalue weighted by Crippen LogP contribution is 2.22. The summed E-state index contributed by atoms with van der Waals surface area (Å²) >= 11 is 0. The normalized spacial score (nSPS) is 12.8. The lowest BCUT2D eigenvalue weighted by Gasteiger charge is -2.18. The highest BCUT2D eigenvalue weighted by molar-refractivity contribution is 5.78. The molecular weight excluding hydrogens is 459 g/mol. The largest absolute Gasteiger partial charge is 0.508 e. The Hall–Kier alpha value is -3.26. The molecule has 36 heavy (non-hydrogen) atoms. The Morgan fingerprint density at radius 2 is 1.75 bits per heavy atom. The van der Waals surface area contributed by atoms with Crippen molar-refractivity contribution in [2.75, 3.05) is 13.1 Å². The number of aliphatic hydroxyl groups is 2. The van der Waals surface area contributed by atoms with E-state index in [9.17, 15) is 24.5 Å². The van der Waals surface area contributed by atoms with E-state index in [0.29, 0.717) is 30.6 Å². The number of amides is 1. The van der Waals surface area contributed by atoms with Crippen molar-refractivity contribution in [1.82, 2.24) is 10.6 Å². The average Bonchev–Trinajstić information content (AvgIpc) is 2.86. The zero-order chi connectivity index (χ0) is 25.9. The van der Waals surface area contributed by atoms with Crippen molar-refractivity contribution in [2.24, 2.45) is 0 Å². The molecule has 3 aromatic carbocycles. The molecular formula is C29H35FN2O4. The molecule has 0 aromatic heterocycles. The van der Waals surface area contributed by atoms with Gasteiger partial charge in [0.25, 0.3) is 0 Å². The summed E-state index contributed by atoms with van der Waals surface area (Å²) in [6, 6.07) is 19.2. The molecule has 6 nitrogen and oxygen atoms in total. The molecule has 5 N–H and O–H groups in total. The average molecular weight is 495 g/mol. The second-order valence-corrected chi connectivity index (χ2v) is 9.15. The first-order valence-electron chi connectivity index (χ1n) is 12.3. The molecule has 3 aromatic rings.